The summed E-state index contributed by atoms with van der Waals surface area (Å²) in [6.07, 6.45) is 2.45. The monoisotopic (exact) mass is 289 g/mol. The van der Waals surface area contributed by atoms with Gasteiger partial charge in [0.2, 0.25) is 0 Å². The second-order valence-corrected chi connectivity index (χ2v) is 4.58. The molecule has 0 unspecified atom stereocenters. The first-order chi connectivity index (χ1) is 10.3. The fourth-order valence-electron chi connectivity index (χ4n) is 1.90. The van der Waals surface area contributed by atoms with Gasteiger partial charge in [0.15, 0.2) is 5.96 Å². The van der Waals surface area contributed by atoms with Crippen LogP contribution in [0.3, 0.4) is 0 Å². The van der Waals surface area contributed by atoms with Gasteiger partial charge < -0.3 is 10.6 Å². The van der Waals surface area contributed by atoms with Crippen molar-refractivity contribution in [1.29, 1.82) is 0 Å². The molecule has 6 heteroatoms. The van der Waals surface area contributed by atoms with Gasteiger partial charge in [-0.15, -0.1) is 0 Å². The number of hydrogen-bond donors (Lipinski definition) is 3. The molecule has 1 aromatic carbocycles. The Labute approximate surface area is 123 Å². The van der Waals surface area contributed by atoms with Gasteiger partial charge in [-0.05, 0) is 37.1 Å². The zero-order valence-corrected chi connectivity index (χ0v) is 12.1. The third-order valence-corrected chi connectivity index (χ3v) is 2.91. The molecule has 0 amide bonds. The van der Waals surface area contributed by atoms with E-state index in [0.717, 1.165) is 30.2 Å². The van der Waals surface area contributed by atoms with Crippen LogP contribution < -0.4 is 10.6 Å². The van der Waals surface area contributed by atoms with Gasteiger partial charge in [-0.2, -0.15) is 5.10 Å². The minimum Gasteiger partial charge on any atom is -0.357 e. The van der Waals surface area contributed by atoms with Gasteiger partial charge >= 0.3 is 0 Å². The third-order valence-electron chi connectivity index (χ3n) is 2.91. The van der Waals surface area contributed by atoms with Gasteiger partial charge in [-0.1, -0.05) is 12.1 Å². The van der Waals surface area contributed by atoms with Gasteiger partial charge in [-0.25, -0.2) is 9.38 Å². The molecule has 112 valence electrons. The number of aromatic nitrogens is 2. The lowest BCUT2D eigenvalue weighted by Gasteiger charge is -2.11. The molecule has 0 saturated heterocycles. The Morgan fingerprint density at radius 1 is 1.33 bits per heavy atom. The van der Waals surface area contributed by atoms with Crippen molar-refractivity contribution in [3.63, 3.8) is 0 Å². The predicted molar refractivity (Wildman–Crippen MR) is 81.5 cm³/mol. The van der Waals surface area contributed by atoms with Crippen molar-refractivity contribution >= 4 is 5.96 Å². The van der Waals surface area contributed by atoms with Crippen LogP contribution in [0.25, 0.3) is 0 Å². The van der Waals surface area contributed by atoms with Gasteiger partial charge in [-0.3, -0.25) is 5.10 Å². The average Bonchev–Trinajstić information content (AvgIpc) is 2.98. The summed E-state index contributed by atoms with van der Waals surface area (Å²) in [5, 5.41) is 13.2. The van der Waals surface area contributed by atoms with Crippen molar-refractivity contribution < 1.29 is 4.39 Å². The molecule has 0 atom stereocenters. The molecule has 5 nitrogen and oxygen atoms in total. The van der Waals surface area contributed by atoms with Crippen molar-refractivity contribution in [3.05, 3.63) is 53.6 Å². The Hall–Kier alpha value is -2.37. The molecule has 0 aliphatic carbocycles. The first kappa shape index (κ1) is 15.0. The number of benzene rings is 1. The van der Waals surface area contributed by atoms with E-state index in [1.807, 2.05) is 19.1 Å². The van der Waals surface area contributed by atoms with Crippen LogP contribution in [0.2, 0.25) is 0 Å². The summed E-state index contributed by atoms with van der Waals surface area (Å²) in [6.45, 7) is 4.03. The van der Waals surface area contributed by atoms with Crippen molar-refractivity contribution in [1.82, 2.24) is 20.8 Å². The van der Waals surface area contributed by atoms with Gasteiger partial charge in [0, 0.05) is 19.3 Å². The van der Waals surface area contributed by atoms with E-state index in [1.54, 1.807) is 18.3 Å². The summed E-state index contributed by atoms with van der Waals surface area (Å²) in [4.78, 5) is 4.45. The van der Waals surface area contributed by atoms with Crippen LogP contribution in [-0.2, 0) is 13.0 Å². The fourth-order valence-corrected chi connectivity index (χ4v) is 1.90. The van der Waals surface area contributed by atoms with E-state index in [1.165, 1.54) is 6.07 Å². The highest BCUT2D eigenvalue weighted by molar-refractivity contribution is 5.79. The zero-order chi connectivity index (χ0) is 14.9. The molecule has 1 aromatic heterocycles. The van der Waals surface area contributed by atoms with Crippen molar-refractivity contribution in [2.75, 3.05) is 13.1 Å². The third kappa shape index (κ3) is 5.25. The lowest BCUT2D eigenvalue weighted by atomic mass is 10.1. The highest BCUT2D eigenvalue weighted by Gasteiger charge is 1.99. The normalized spacial score (nSPS) is 11.4. The number of guanidine groups is 1. The molecule has 3 N–H and O–H groups in total. The minimum atomic E-state index is -0.202. The maximum absolute atomic E-state index is 13.1. The Kier molecular flexibility index (Phi) is 5.75. The number of nitrogens with one attached hydrogen (secondary N) is 3. The van der Waals surface area contributed by atoms with Crippen LogP contribution >= 0.6 is 0 Å². The van der Waals surface area contributed by atoms with Crippen molar-refractivity contribution in [3.8, 4) is 0 Å². The maximum atomic E-state index is 13.1. The summed E-state index contributed by atoms with van der Waals surface area (Å²) in [5.41, 5.74) is 1.92. The van der Waals surface area contributed by atoms with E-state index in [9.17, 15) is 4.39 Å². The van der Waals surface area contributed by atoms with E-state index in [2.05, 4.69) is 25.8 Å². The number of rotatable bonds is 6. The fraction of sp³-hybridized carbons (Fsp3) is 0.333. The van der Waals surface area contributed by atoms with Crippen LogP contribution in [0.4, 0.5) is 4.39 Å². The van der Waals surface area contributed by atoms with E-state index < -0.39 is 0 Å². The highest BCUT2D eigenvalue weighted by atomic mass is 19.1. The SMILES string of the molecule is CCNC(=NCc1ccn[nH]1)NCCc1cccc(F)c1. The molecule has 2 rings (SSSR count). The maximum Gasteiger partial charge on any atom is 0.191 e. The van der Waals surface area contributed by atoms with Crippen molar-refractivity contribution in [2.24, 2.45) is 4.99 Å². The largest absolute Gasteiger partial charge is 0.357 e. The van der Waals surface area contributed by atoms with Gasteiger partial charge in [0.25, 0.3) is 0 Å². The number of aromatic amines is 1. The number of halogens is 1. The molecule has 0 fully saturated rings. The molecular formula is C15H20FN5. The standard InChI is InChI=1S/C15H20FN5/c1-2-17-15(19-11-14-7-9-20-21-14)18-8-6-12-4-3-5-13(16)10-12/h3-5,7,9-10H,2,6,8,11H2,1H3,(H,20,21)(H2,17,18,19). The van der Waals surface area contributed by atoms with Gasteiger partial charge in [0.05, 0.1) is 12.2 Å². The van der Waals surface area contributed by atoms with E-state index in [4.69, 9.17) is 0 Å². The Morgan fingerprint density at radius 2 is 2.24 bits per heavy atom. The quantitative estimate of drug-likeness (QED) is 0.561. The lowest BCUT2D eigenvalue weighted by Crippen LogP contribution is -2.38. The number of aliphatic imine (C=N–C) groups is 1. The van der Waals surface area contributed by atoms with E-state index >= 15 is 0 Å². The number of H-pyrrole nitrogens is 1. The summed E-state index contributed by atoms with van der Waals surface area (Å²) >= 11 is 0. The highest BCUT2D eigenvalue weighted by Crippen LogP contribution is 2.03. The number of nitrogens with zero attached hydrogens (tertiary/aromatic N) is 2. The molecule has 21 heavy (non-hydrogen) atoms. The molecule has 0 aliphatic rings. The Balaban J connectivity index is 1.83. The molecule has 1 heterocycles. The summed E-state index contributed by atoms with van der Waals surface area (Å²) in [7, 11) is 0. The summed E-state index contributed by atoms with van der Waals surface area (Å²) in [5.74, 6) is 0.538. The minimum absolute atomic E-state index is 0.202. The molecular weight excluding hydrogens is 269 g/mol. The zero-order valence-electron chi connectivity index (χ0n) is 12.1. The average molecular weight is 289 g/mol. The van der Waals surface area contributed by atoms with E-state index in [-0.39, 0.29) is 5.82 Å². The Bertz CT molecular complexity index is 565. The Morgan fingerprint density at radius 3 is 2.95 bits per heavy atom. The van der Waals surface area contributed by atoms with Crippen LogP contribution in [0.5, 0.6) is 0 Å². The summed E-state index contributed by atoms with van der Waals surface area (Å²) in [6, 6.07) is 8.53. The van der Waals surface area contributed by atoms with Crippen LogP contribution in [0, 0.1) is 5.82 Å². The second kappa shape index (κ2) is 8.04. The molecule has 0 aliphatic heterocycles. The van der Waals surface area contributed by atoms with Crippen LogP contribution in [0.15, 0.2) is 41.5 Å². The number of hydrogen-bond acceptors (Lipinski definition) is 2. The molecule has 0 radical (unpaired) electrons. The lowest BCUT2D eigenvalue weighted by molar-refractivity contribution is 0.625. The predicted octanol–water partition coefficient (Wildman–Crippen LogP) is 1.85. The van der Waals surface area contributed by atoms with Crippen molar-refractivity contribution in [2.45, 2.75) is 19.9 Å². The van der Waals surface area contributed by atoms with Crippen LogP contribution in [-0.4, -0.2) is 29.2 Å². The molecule has 0 bridgehead atoms. The summed E-state index contributed by atoms with van der Waals surface area (Å²) < 4.78 is 13.1. The van der Waals surface area contributed by atoms with Crippen LogP contribution in [0.1, 0.15) is 18.2 Å². The topological polar surface area (TPSA) is 65.1 Å². The first-order valence-corrected chi connectivity index (χ1v) is 7.03. The van der Waals surface area contributed by atoms with E-state index in [0.29, 0.717) is 13.1 Å². The molecule has 2 aromatic rings. The van der Waals surface area contributed by atoms with Gasteiger partial charge in [0.1, 0.15) is 5.82 Å². The molecule has 0 spiro atoms. The second-order valence-electron chi connectivity index (χ2n) is 4.58. The first-order valence-electron chi connectivity index (χ1n) is 7.03. The smallest absolute Gasteiger partial charge is 0.191 e. The molecule has 0 saturated carbocycles.